The minimum atomic E-state index is 0.350. The average Bonchev–Trinajstić information content (AvgIpc) is 2.50. The van der Waals surface area contributed by atoms with E-state index in [1.807, 2.05) is 18.2 Å². The first-order valence-corrected chi connectivity index (χ1v) is 4.33. The summed E-state index contributed by atoms with van der Waals surface area (Å²) in [6.07, 6.45) is 0. The quantitative estimate of drug-likeness (QED) is 0.638. The molecule has 3 rings (SSSR count). The van der Waals surface area contributed by atoms with Gasteiger partial charge in [0.15, 0.2) is 0 Å². The Kier molecular flexibility index (Phi) is 1.13. The van der Waals surface area contributed by atoms with Gasteiger partial charge in [-0.05, 0) is 29.1 Å². The molecule has 0 atom stereocenters. The first kappa shape index (κ1) is 6.78. The third-order valence-corrected chi connectivity index (χ3v) is 2.51. The normalized spacial score (nSPS) is 13.2. The van der Waals surface area contributed by atoms with Gasteiger partial charge in [-0.15, -0.1) is 0 Å². The van der Waals surface area contributed by atoms with Crippen LogP contribution in [0.15, 0.2) is 30.3 Å². The molecule has 2 heteroatoms. The van der Waals surface area contributed by atoms with Crippen LogP contribution in [-0.2, 0) is 6.54 Å². The maximum absolute atomic E-state index is 9.44. The summed E-state index contributed by atoms with van der Waals surface area (Å²) >= 11 is 0. The van der Waals surface area contributed by atoms with E-state index in [9.17, 15) is 5.11 Å². The molecule has 0 amide bonds. The van der Waals surface area contributed by atoms with Gasteiger partial charge in [-0.3, -0.25) is 0 Å². The zero-order chi connectivity index (χ0) is 8.84. The van der Waals surface area contributed by atoms with Gasteiger partial charge in [-0.1, -0.05) is 12.1 Å². The topological polar surface area (TPSA) is 32.3 Å². The van der Waals surface area contributed by atoms with Gasteiger partial charge in [0.2, 0.25) is 0 Å². The molecule has 2 nitrogen and oxygen atoms in total. The number of benzene rings is 2. The predicted molar refractivity (Wildman–Crippen MR) is 52.9 cm³/mol. The Morgan fingerprint density at radius 1 is 1.23 bits per heavy atom. The molecule has 0 unspecified atom stereocenters. The van der Waals surface area contributed by atoms with Crippen molar-refractivity contribution in [3.63, 3.8) is 0 Å². The van der Waals surface area contributed by atoms with Gasteiger partial charge in [-0.25, -0.2) is 0 Å². The maximum Gasteiger partial charge on any atom is 0.116 e. The van der Waals surface area contributed by atoms with E-state index in [1.54, 1.807) is 6.07 Å². The third-order valence-electron chi connectivity index (χ3n) is 2.51. The lowest BCUT2D eigenvalue weighted by Crippen LogP contribution is -1.87. The number of hydrogen-bond acceptors (Lipinski definition) is 2. The molecule has 0 radical (unpaired) electrons. The number of nitrogens with one attached hydrogen (secondary N) is 1. The second-order valence-corrected chi connectivity index (χ2v) is 3.36. The fourth-order valence-corrected chi connectivity index (χ4v) is 1.98. The number of phenolic OH excluding ortho intramolecular Hbond substituents is 1. The van der Waals surface area contributed by atoms with Crippen LogP contribution in [0.2, 0.25) is 0 Å². The summed E-state index contributed by atoms with van der Waals surface area (Å²) in [7, 11) is 0. The van der Waals surface area contributed by atoms with Gasteiger partial charge < -0.3 is 10.4 Å². The summed E-state index contributed by atoms with van der Waals surface area (Å²) < 4.78 is 0. The van der Waals surface area contributed by atoms with Crippen molar-refractivity contribution in [1.29, 1.82) is 0 Å². The number of phenols is 1. The Morgan fingerprint density at radius 3 is 3.08 bits per heavy atom. The van der Waals surface area contributed by atoms with Crippen LogP contribution in [0.3, 0.4) is 0 Å². The van der Waals surface area contributed by atoms with Crippen molar-refractivity contribution in [3.05, 3.63) is 35.9 Å². The first-order valence-electron chi connectivity index (χ1n) is 4.33. The largest absolute Gasteiger partial charge is 0.508 e. The van der Waals surface area contributed by atoms with Crippen molar-refractivity contribution >= 4 is 16.5 Å². The zero-order valence-corrected chi connectivity index (χ0v) is 7.04. The van der Waals surface area contributed by atoms with Crippen molar-refractivity contribution in [2.75, 3.05) is 5.32 Å². The molecule has 1 aliphatic heterocycles. The fraction of sp³-hybridized carbons (Fsp3) is 0.0909. The molecule has 0 bridgehead atoms. The van der Waals surface area contributed by atoms with Crippen LogP contribution in [0, 0.1) is 0 Å². The molecule has 1 heterocycles. The monoisotopic (exact) mass is 171 g/mol. The standard InChI is InChI=1S/C11H9NO/c13-9-4-7-2-1-3-10-11(7)8(5-9)6-12-10/h1-5,12-13H,6H2. The highest BCUT2D eigenvalue weighted by Gasteiger charge is 2.13. The van der Waals surface area contributed by atoms with E-state index in [0.717, 1.165) is 11.9 Å². The molecule has 0 saturated heterocycles. The van der Waals surface area contributed by atoms with Crippen molar-refractivity contribution in [2.45, 2.75) is 6.54 Å². The van der Waals surface area contributed by atoms with Crippen LogP contribution >= 0.6 is 0 Å². The van der Waals surface area contributed by atoms with Crippen LogP contribution in [0.1, 0.15) is 5.56 Å². The number of aromatic hydroxyl groups is 1. The fourth-order valence-electron chi connectivity index (χ4n) is 1.98. The lowest BCUT2D eigenvalue weighted by Gasteiger charge is -2.00. The second-order valence-electron chi connectivity index (χ2n) is 3.36. The van der Waals surface area contributed by atoms with Crippen molar-refractivity contribution in [3.8, 4) is 5.75 Å². The summed E-state index contributed by atoms with van der Waals surface area (Å²) in [4.78, 5) is 0. The van der Waals surface area contributed by atoms with E-state index >= 15 is 0 Å². The minimum Gasteiger partial charge on any atom is -0.508 e. The summed E-state index contributed by atoms with van der Waals surface area (Å²) in [6, 6.07) is 9.71. The molecule has 0 aromatic heterocycles. The minimum absolute atomic E-state index is 0.350. The molecule has 13 heavy (non-hydrogen) atoms. The molecule has 1 aliphatic rings. The maximum atomic E-state index is 9.44. The molecular weight excluding hydrogens is 162 g/mol. The highest BCUT2D eigenvalue weighted by molar-refractivity contribution is 5.99. The Labute approximate surface area is 75.8 Å². The molecule has 0 fully saturated rings. The molecule has 0 saturated carbocycles. The van der Waals surface area contributed by atoms with Crippen LogP contribution in [0.4, 0.5) is 5.69 Å². The van der Waals surface area contributed by atoms with Crippen molar-refractivity contribution < 1.29 is 5.11 Å². The Morgan fingerprint density at radius 2 is 2.15 bits per heavy atom. The van der Waals surface area contributed by atoms with E-state index in [4.69, 9.17) is 0 Å². The van der Waals surface area contributed by atoms with E-state index in [1.165, 1.54) is 16.6 Å². The van der Waals surface area contributed by atoms with Gasteiger partial charge in [0, 0.05) is 17.6 Å². The zero-order valence-electron chi connectivity index (χ0n) is 7.04. The lowest BCUT2D eigenvalue weighted by atomic mass is 10.1. The van der Waals surface area contributed by atoms with Gasteiger partial charge in [-0.2, -0.15) is 0 Å². The molecular formula is C11H9NO. The van der Waals surface area contributed by atoms with Gasteiger partial charge in [0.05, 0.1) is 0 Å². The van der Waals surface area contributed by atoms with Crippen LogP contribution in [0.5, 0.6) is 5.75 Å². The van der Waals surface area contributed by atoms with Crippen LogP contribution in [-0.4, -0.2) is 5.11 Å². The van der Waals surface area contributed by atoms with E-state index in [2.05, 4.69) is 11.4 Å². The van der Waals surface area contributed by atoms with E-state index < -0.39 is 0 Å². The number of hydrogen-bond donors (Lipinski definition) is 2. The Hall–Kier alpha value is -1.70. The number of rotatable bonds is 0. The first-order chi connectivity index (χ1) is 6.34. The predicted octanol–water partition coefficient (Wildman–Crippen LogP) is 2.47. The molecule has 2 N–H and O–H groups in total. The number of anilines is 1. The third kappa shape index (κ3) is 0.827. The van der Waals surface area contributed by atoms with Crippen LogP contribution < -0.4 is 5.32 Å². The summed E-state index contributed by atoms with van der Waals surface area (Å²) in [5.41, 5.74) is 2.36. The highest BCUT2D eigenvalue weighted by atomic mass is 16.3. The van der Waals surface area contributed by atoms with E-state index in [-0.39, 0.29) is 0 Å². The van der Waals surface area contributed by atoms with Gasteiger partial charge >= 0.3 is 0 Å². The summed E-state index contributed by atoms with van der Waals surface area (Å²) in [5, 5.41) is 15.1. The second kappa shape index (κ2) is 2.16. The van der Waals surface area contributed by atoms with Gasteiger partial charge in [0.1, 0.15) is 5.75 Å². The summed E-state index contributed by atoms with van der Waals surface area (Å²) in [5.74, 6) is 0.350. The molecule has 64 valence electrons. The summed E-state index contributed by atoms with van der Waals surface area (Å²) in [6.45, 7) is 0.824. The molecule has 0 spiro atoms. The SMILES string of the molecule is Oc1cc2c3c(cccc3c1)NC2. The Bertz CT molecular complexity index is 491. The Balaban J connectivity index is 2.54. The van der Waals surface area contributed by atoms with Crippen molar-refractivity contribution in [1.82, 2.24) is 0 Å². The van der Waals surface area contributed by atoms with E-state index in [0.29, 0.717) is 5.75 Å². The smallest absolute Gasteiger partial charge is 0.116 e. The van der Waals surface area contributed by atoms with Gasteiger partial charge in [0.25, 0.3) is 0 Å². The van der Waals surface area contributed by atoms with Crippen molar-refractivity contribution in [2.24, 2.45) is 0 Å². The lowest BCUT2D eigenvalue weighted by molar-refractivity contribution is 0.475. The molecule has 2 aromatic rings. The molecule has 0 aliphatic carbocycles. The average molecular weight is 171 g/mol. The highest BCUT2D eigenvalue weighted by Crippen LogP contribution is 2.35. The van der Waals surface area contributed by atoms with Crippen LogP contribution in [0.25, 0.3) is 10.8 Å². The molecule has 2 aromatic carbocycles.